The van der Waals surface area contributed by atoms with Gasteiger partial charge in [-0.15, -0.1) is 0 Å². The third kappa shape index (κ3) is 2.81. The van der Waals surface area contributed by atoms with E-state index in [0.717, 1.165) is 0 Å². The molecule has 1 aromatic rings. The lowest BCUT2D eigenvalue weighted by molar-refractivity contribution is -0.150. The lowest BCUT2D eigenvalue weighted by Crippen LogP contribution is -2.31. The Bertz CT molecular complexity index is 479. The van der Waals surface area contributed by atoms with Crippen LogP contribution >= 0.6 is 0 Å². The lowest BCUT2D eigenvalue weighted by atomic mass is 9.79. The number of fused-ring (bicyclic) bond motifs is 1. The van der Waals surface area contributed by atoms with Gasteiger partial charge in [0.15, 0.2) is 11.5 Å². The number of carboxylic acids is 1. The molecule has 0 aromatic heterocycles. The molecule has 5 heteroatoms. The number of aliphatic carboxylic acids is 1. The average Bonchev–Trinajstić information content (AvgIpc) is 2.91. The highest BCUT2D eigenvalue weighted by Crippen LogP contribution is 2.36. The predicted octanol–water partition coefficient (Wildman–Crippen LogP) is 3.08. The molecule has 20 heavy (non-hydrogen) atoms. The zero-order valence-corrected chi connectivity index (χ0v) is 11.8. The molecule has 0 spiro atoms. The molecule has 0 fully saturated rings. The maximum absolute atomic E-state index is 11.4. The first-order valence-corrected chi connectivity index (χ1v) is 6.87. The fourth-order valence-electron chi connectivity index (χ4n) is 2.34. The molecule has 5 nitrogen and oxygen atoms in total. The van der Waals surface area contributed by atoms with Crippen LogP contribution in [0.25, 0.3) is 0 Å². The zero-order chi connectivity index (χ0) is 14.6. The molecule has 0 atom stereocenters. The van der Waals surface area contributed by atoms with Crippen molar-refractivity contribution >= 4 is 5.97 Å². The van der Waals surface area contributed by atoms with Crippen LogP contribution in [0.1, 0.15) is 33.1 Å². The summed E-state index contributed by atoms with van der Waals surface area (Å²) in [5, 5.41) is 9.36. The third-order valence-electron chi connectivity index (χ3n) is 4.00. The molecule has 0 saturated heterocycles. The van der Waals surface area contributed by atoms with Crippen LogP contribution in [0.3, 0.4) is 0 Å². The monoisotopic (exact) mass is 280 g/mol. The van der Waals surface area contributed by atoms with Gasteiger partial charge in [0.1, 0.15) is 5.75 Å². The van der Waals surface area contributed by atoms with Crippen molar-refractivity contribution in [3.05, 3.63) is 18.2 Å². The lowest BCUT2D eigenvalue weighted by Gasteiger charge is -2.26. The normalized spacial score (nSPS) is 13.3. The van der Waals surface area contributed by atoms with Crippen molar-refractivity contribution in [2.45, 2.75) is 33.1 Å². The molecule has 0 radical (unpaired) electrons. The van der Waals surface area contributed by atoms with Gasteiger partial charge in [0.05, 0.1) is 12.0 Å². The maximum Gasteiger partial charge on any atom is 0.309 e. The number of rotatable bonds is 7. The van der Waals surface area contributed by atoms with Gasteiger partial charge in [-0.3, -0.25) is 4.79 Å². The summed E-state index contributed by atoms with van der Waals surface area (Å²) in [4.78, 5) is 11.4. The third-order valence-corrected chi connectivity index (χ3v) is 4.00. The second kappa shape index (κ2) is 6.03. The minimum atomic E-state index is -0.753. The fourth-order valence-corrected chi connectivity index (χ4v) is 2.34. The first kappa shape index (κ1) is 14.5. The van der Waals surface area contributed by atoms with Gasteiger partial charge in [-0.2, -0.15) is 0 Å². The fraction of sp³-hybridized carbons (Fsp3) is 0.533. The van der Waals surface area contributed by atoms with E-state index in [2.05, 4.69) is 0 Å². The first-order chi connectivity index (χ1) is 9.61. The summed E-state index contributed by atoms with van der Waals surface area (Å²) in [6.07, 6.45) is 1.69. The Morgan fingerprint density at radius 3 is 2.65 bits per heavy atom. The van der Waals surface area contributed by atoms with Crippen LogP contribution in [-0.2, 0) is 4.79 Å². The van der Waals surface area contributed by atoms with E-state index in [0.29, 0.717) is 43.1 Å². The van der Waals surface area contributed by atoms with Gasteiger partial charge < -0.3 is 19.3 Å². The Kier molecular flexibility index (Phi) is 4.37. The second-order valence-corrected chi connectivity index (χ2v) is 4.91. The number of carboxylic acid groups (broad SMARTS) is 1. The standard InChI is InChI=1S/C15H20O5/c1-3-15(4-2,14(16)17)7-8-18-11-5-6-12-13(9-11)20-10-19-12/h5-6,9H,3-4,7-8,10H2,1-2H3,(H,16,17). The van der Waals surface area contributed by atoms with E-state index in [1.807, 2.05) is 13.8 Å². The van der Waals surface area contributed by atoms with Gasteiger partial charge in [-0.25, -0.2) is 0 Å². The summed E-state index contributed by atoms with van der Waals surface area (Å²) < 4.78 is 16.1. The Labute approximate surface area is 118 Å². The van der Waals surface area contributed by atoms with E-state index in [-0.39, 0.29) is 6.79 Å². The van der Waals surface area contributed by atoms with Crippen molar-refractivity contribution in [1.82, 2.24) is 0 Å². The van der Waals surface area contributed by atoms with Crippen molar-refractivity contribution in [1.29, 1.82) is 0 Å². The van der Waals surface area contributed by atoms with Crippen LogP contribution in [0.15, 0.2) is 18.2 Å². The Balaban J connectivity index is 1.94. The highest BCUT2D eigenvalue weighted by atomic mass is 16.7. The van der Waals surface area contributed by atoms with Crippen molar-refractivity contribution < 1.29 is 24.1 Å². The summed E-state index contributed by atoms with van der Waals surface area (Å²) in [7, 11) is 0. The first-order valence-electron chi connectivity index (χ1n) is 6.87. The highest BCUT2D eigenvalue weighted by Gasteiger charge is 2.34. The Morgan fingerprint density at radius 1 is 1.30 bits per heavy atom. The SMILES string of the molecule is CCC(CC)(CCOc1ccc2c(c1)OCO2)C(=O)O. The predicted molar refractivity (Wildman–Crippen MR) is 73.3 cm³/mol. The number of ether oxygens (including phenoxy) is 3. The quantitative estimate of drug-likeness (QED) is 0.831. The van der Waals surface area contributed by atoms with Gasteiger partial charge in [0.2, 0.25) is 6.79 Å². The maximum atomic E-state index is 11.4. The summed E-state index contributed by atoms with van der Waals surface area (Å²) in [6, 6.07) is 5.36. The Morgan fingerprint density at radius 2 is 2.00 bits per heavy atom. The number of hydrogen-bond donors (Lipinski definition) is 1. The molecule has 1 heterocycles. The van der Waals surface area contributed by atoms with Crippen molar-refractivity contribution in [3.63, 3.8) is 0 Å². The highest BCUT2D eigenvalue weighted by molar-refractivity contribution is 5.74. The van der Waals surface area contributed by atoms with E-state index in [9.17, 15) is 9.90 Å². The molecule has 0 saturated carbocycles. The number of benzene rings is 1. The summed E-state index contributed by atoms with van der Waals surface area (Å²) in [6.45, 7) is 4.40. The van der Waals surface area contributed by atoms with Crippen LogP contribution in [0.5, 0.6) is 17.2 Å². The van der Waals surface area contributed by atoms with E-state index in [1.54, 1.807) is 18.2 Å². The van der Waals surface area contributed by atoms with Crippen LogP contribution in [0.4, 0.5) is 0 Å². The van der Waals surface area contributed by atoms with Crippen LogP contribution in [0.2, 0.25) is 0 Å². The average molecular weight is 280 g/mol. The molecular formula is C15H20O5. The summed E-state index contributed by atoms with van der Waals surface area (Å²) >= 11 is 0. The van der Waals surface area contributed by atoms with E-state index in [4.69, 9.17) is 14.2 Å². The summed E-state index contributed by atoms with van der Waals surface area (Å²) in [5.74, 6) is 1.29. The molecule has 1 N–H and O–H groups in total. The number of carbonyl (C=O) groups is 1. The molecule has 0 bridgehead atoms. The Hall–Kier alpha value is -1.91. The smallest absolute Gasteiger partial charge is 0.309 e. The molecule has 0 amide bonds. The second-order valence-electron chi connectivity index (χ2n) is 4.91. The van der Waals surface area contributed by atoms with Crippen molar-refractivity contribution in [2.75, 3.05) is 13.4 Å². The molecule has 1 aromatic carbocycles. The van der Waals surface area contributed by atoms with E-state index >= 15 is 0 Å². The van der Waals surface area contributed by atoms with Gasteiger partial charge in [0, 0.05) is 6.07 Å². The molecule has 110 valence electrons. The van der Waals surface area contributed by atoms with Crippen LogP contribution in [-0.4, -0.2) is 24.5 Å². The minimum Gasteiger partial charge on any atom is -0.493 e. The van der Waals surface area contributed by atoms with Gasteiger partial charge >= 0.3 is 5.97 Å². The molecule has 1 aliphatic rings. The molecule has 0 unspecified atom stereocenters. The van der Waals surface area contributed by atoms with Gasteiger partial charge in [-0.1, -0.05) is 13.8 Å². The van der Waals surface area contributed by atoms with E-state index < -0.39 is 11.4 Å². The van der Waals surface area contributed by atoms with Crippen molar-refractivity contribution in [2.24, 2.45) is 5.41 Å². The van der Waals surface area contributed by atoms with Crippen molar-refractivity contribution in [3.8, 4) is 17.2 Å². The summed E-state index contributed by atoms with van der Waals surface area (Å²) in [5.41, 5.74) is -0.698. The molecule has 0 aliphatic carbocycles. The minimum absolute atomic E-state index is 0.229. The van der Waals surface area contributed by atoms with Gasteiger partial charge in [0.25, 0.3) is 0 Å². The van der Waals surface area contributed by atoms with Crippen LogP contribution < -0.4 is 14.2 Å². The van der Waals surface area contributed by atoms with Crippen LogP contribution in [0, 0.1) is 5.41 Å². The number of hydrogen-bond acceptors (Lipinski definition) is 4. The molecular weight excluding hydrogens is 260 g/mol. The van der Waals surface area contributed by atoms with E-state index in [1.165, 1.54) is 0 Å². The van der Waals surface area contributed by atoms with Gasteiger partial charge in [-0.05, 0) is 31.4 Å². The molecule has 1 aliphatic heterocycles. The topological polar surface area (TPSA) is 65.0 Å². The largest absolute Gasteiger partial charge is 0.493 e. The molecule has 2 rings (SSSR count). The zero-order valence-electron chi connectivity index (χ0n) is 11.8.